The fourth-order valence-corrected chi connectivity index (χ4v) is 3.34. The van der Waals surface area contributed by atoms with E-state index in [0.717, 1.165) is 25.5 Å². The van der Waals surface area contributed by atoms with Gasteiger partial charge in [0.2, 0.25) is 0 Å². The van der Waals surface area contributed by atoms with Crippen LogP contribution in [0.5, 0.6) is 0 Å². The number of benzene rings is 1. The zero-order chi connectivity index (χ0) is 15.4. The molecule has 0 bridgehead atoms. The summed E-state index contributed by atoms with van der Waals surface area (Å²) < 4.78 is 0. The van der Waals surface area contributed by atoms with E-state index < -0.39 is 0 Å². The van der Waals surface area contributed by atoms with Crippen LogP contribution < -0.4 is 0 Å². The number of nitrogens with zero attached hydrogens (tertiary/aromatic N) is 3. The van der Waals surface area contributed by atoms with Gasteiger partial charge in [-0.15, -0.1) is 0 Å². The van der Waals surface area contributed by atoms with E-state index in [2.05, 4.69) is 58.1 Å². The van der Waals surface area contributed by atoms with E-state index in [-0.39, 0.29) is 0 Å². The van der Waals surface area contributed by atoms with Gasteiger partial charge in [-0.1, -0.05) is 30.7 Å². The molecule has 0 unspecified atom stereocenters. The van der Waals surface area contributed by atoms with Crippen LogP contribution in [0.3, 0.4) is 0 Å². The third-order valence-corrected chi connectivity index (χ3v) is 4.38. The van der Waals surface area contributed by atoms with E-state index in [9.17, 15) is 0 Å². The van der Waals surface area contributed by atoms with Crippen molar-refractivity contribution >= 4 is 0 Å². The summed E-state index contributed by atoms with van der Waals surface area (Å²) in [5, 5.41) is 0. The summed E-state index contributed by atoms with van der Waals surface area (Å²) in [5.74, 6) is 1.07. The zero-order valence-electron chi connectivity index (χ0n) is 13.6. The van der Waals surface area contributed by atoms with Gasteiger partial charge >= 0.3 is 0 Å². The molecule has 1 fully saturated rings. The van der Waals surface area contributed by atoms with Crippen LogP contribution in [0.2, 0.25) is 0 Å². The smallest absolute Gasteiger partial charge is 0.120 e. The fraction of sp³-hybridized carbons (Fsp3) is 0.500. The summed E-state index contributed by atoms with van der Waals surface area (Å²) in [7, 11) is 4.22. The zero-order valence-corrected chi connectivity index (χ0v) is 13.6. The topological polar surface area (TPSA) is 35.2 Å². The second-order valence-corrected chi connectivity index (χ2v) is 6.50. The normalized spacial score (nSPS) is 19.7. The Kier molecular flexibility index (Phi) is 4.90. The van der Waals surface area contributed by atoms with Crippen LogP contribution in [-0.2, 0) is 13.1 Å². The molecule has 0 saturated carbocycles. The molecule has 4 nitrogen and oxygen atoms in total. The van der Waals surface area contributed by atoms with Gasteiger partial charge in [0.05, 0.1) is 6.54 Å². The molecule has 2 heterocycles. The molecule has 22 heavy (non-hydrogen) atoms. The molecular weight excluding hydrogens is 272 g/mol. The van der Waals surface area contributed by atoms with Crippen molar-refractivity contribution in [2.45, 2.75) is 38.4 Å². The molecule has 1 atom stereocenters. The lowest BCUT2D eigenvalue weighted by Gasteiger charge is -2.35. The molecule has 2 aromatic rings. The molecular formula is C18H26N4. The lowest BCUT2D eigenvalue weighted by atomic mass is 9.94. The molecule has 1 aromatic carbocycles. The maximum atomic E-state index is 4.38. The van der Waals surface area contributed by atoms with Crippen molar-refractivity contribution in [3.63, 3.8) is 0 Å². The van der Waals surface area contributed by atoms with E-state index in [1.165, 1.54) is 30.4 Å². The van der Waals surface area contributed by atoms with Crippen molar-refractivity contribution in [1.29, 1.82) is 0 Å². The van der Waals surface area contributed by atoms with Crippen LogP contribution in [0.1, 0.15) is 42.3 Å². The first-order valence-electron chi connectivity index (χ1n) is 8.18. The number of imidazole rings is 1. The Morgan fingerprint density at radius 2 is 2.05 bits per heavy atom. The fourth-order valence-electron chi connectivity index (χ4n) is 3.34. The predicted octanol–water partition coefficient (Wildman–Crippen LogP) is 3.20. The predicted molar refractivity (Wildman–Crippen MR) is 89.4 cm³/mol. The molecule has 3 rings (SSSR count). The number of aromatic nitrogens is 2. The maximum Gasteiger partial charge on any atom is 0.120 e. The first-order valence-corrected chi connectivity index (χ1v) is 8.18. The Morgan fingerprint density at radius 1 is 1.23 bits per heavy atom. The number of nitrogens with one attached hydrogen (secondary N) is 1. The van der Waals surface area contributed by atoms with Gasteiger partial charge in [0.15, 0.2) is 0 Å². The number of rotatable bonds is 5. The summed E-state index contributed by atoms with van der Waals surface area (Å²) >= 11 is 0. The number of H-pyrrole nitrogens is 1. The lowest BCUT2D eigenvalue weighted by Crippen LogP contribution is -2.33. The summed E-state index contributed by atoms with van der Waals surface area (Å²) in [5.41, 5.74) is 2.82. The third-order valence-electron chi connectivity index (χ3n) is 4.38. The van der Waals surface area contributed by atoms with Gasteiger partial charge in [-0.2, -0.15) is 0 Å². The van der Waals surface area contributed by atoms with Crippen molar-refractivity contribution in [3.05, 3.63) is 53.6 Å². The molecule has 1 aliphatic rings. The summed E-state index contributed by atoms with van der Waals surface area (Å²) in [6, 6.07) is 9.69. The Balaban J connectivity index is 1.72. The van der Waals surface area contributed by atoms with Crippen LogP contribution in [-0.4, -0.2) is 40.4 Å². The summed E-state index contributed by atoms with van der Waals surface area (Å²) in [6.07, 6.45) is 7.59. The van der Waals surface area contributed by atoms with Gasteiger partial charge in [0.25, 0.3) is 0 Å². The maximum absolute atomic E-state index is 4.38. The highest BCUT2D eigenvalue weighted by atomic mass is 15.2. The molecule has 0 aliphatic carbocycles. The number of hydrogen-bond acceptors (Lipinski definition) is 3. The minimum atomic E-state index is 0.521. The number of likely N-dealkylation sites (tertiary alicyclic amines) is 1. The quantitative estimate of drug-likeness (QED) is 0.920. The molecule has 1 saturated heterocycles. The van der Waals surface area contributed by atoms with Crippen molar-refractivity contribution in [2.75, 3.05) is 20.6 Å². The molecule has 1 N–H and O–H groups in total. The number of aromatic amines is 1. The van der Waals surface area contributed by atoms with Crippen LogP contribution in [0.25, 0.3) is 0 Å². The van der Waals surface area contributed by atoms with Crippen LogP contribution in [0.4, 0.5) is 0 Å². The number of hydrogen-bond donors (Lipinski definition) is 1. The van der Waals surface area contributed by atoms with E-state index in [1.807, 2.05) is 12.4 Å². The second kappa shape index (κ2) is 7.07. The van der Waals surface area contributed by atoms with Crippen molar-refractivity contribution < 1.29 is 0 Å². The minimum absolute atomic E-state index is 0.521. The second-order valence-electron chi connectivity index (χ2n) is 6.50. The minimum Gasteiger partial charge on any atom is -0.348 e. The van der Waals surface area contributed by atoms with Gasteiger partial charge in [-0.3, -0.25) is 4.90 Å². The Hall–Kier alpha value is -1.65. The summed E-state index contributed by atoms with van der Waals surface area (Å²) in [6.45, 7) is 3.07. The highest BCUT2D eigenvalue weighted by molar-refractivity contribution is 5.25. The Bertz CT molecular complexity index is 559. The molecule has 4 heteroatoms. The SMILES string of the molecule is CN(C)Cc1ccc([C@@H]2CCCCN2Cc2ncc[nH]2)cc1. The van der Waals surface area contributed by atoms with Gasteiger partial charge in [0, 0.05) is 25.0 Å². The molecule has 0 spiro atoms. The van der Waals surface area contributed by atoms with Crippen molar-refractivity contribution in [1.82, 2.24) is 19.8 Å². The molecule has 118 valence electrons. The third kappa shape index (κ3) is 3.76. The number of piperidine rings is 1. The molecule has 0 radical (unpaired) electrons. The van der Waals surface area contributed by atoms with Crippen molar-refractivity contribution in [3.8, 4) is 0 Å². The molecule has 0 amide bonds. The first kappa shape index (κ1) is 15.3. The monoisotopic (exact) mass is 298 g/mol. The lowest BCUT2D eigenvalue weighted by molar-refractivity contribution is 0.137. The average molecular weight is 298 g/mol. The van der Waals surface area contributed by atoms with Gasteiger partial charge in [0.1, 0.15) is 5.82 Å². The molecule has 1 aromatic heterocycles. The van der Waals surface area contributed by atoms with E-state index in [4.69, 9.17) is 0 Å². The standard InChI is InChI=1S/C18H26N4/c1-21(2)13-15-6-8-16(9-7-15)17-5-3-4-12-22(17)14-18-19-10-11-20-18/h6-11,17H,3-5,12-14H2,1-2H3,(H,19,20)/t17-/m0/s1. The van der Waals surface area contributed by atoms with Gasteiger partial charge in [-0.05, 0) is 44.6 Å². The highest BCUT2D eigenvalue weighted by Crippen LogP contribution is 2.31. The van der Waals surface area contributed by atoms with Gasteiger partial charge < -0.3 is 9.88 Å². The highest BCUT2D eigenvalue weighted by Gasteiger charge is 2.24. The van der Waals surface area contributed by atoms with Crippen LogP contribution in [0.15, 0.2) is 36.7 Å². The molecule has 1 aliphatic heterocycles. The van der Waals surface area contributed by atoms with Crippen molar-refractivity contribution in [2.24, 2.45) is 0 Å². The van der Waals surface area contributed by atoms with Gasteiger partial charge in [-0.25, -0.2) is 4.98 Å². The van der Waals surface area contributed by atoms with E-state index in [1.54, 1.807) is 0 Å². The summed E-state index contributed by atoms with van der Waals surface area (Å²) in [4.78, 5) is 12.4. The van der Waals surface area contributed by atoms with Crippen LogP contribution >= 0.6 is 0 Å². The Morgan fingerprint density at radius 3 is 2.73 bits per heavy atom. The largest absolute Gasteiger partial charge is 0.348 e. The van der Waals surface area contributed by atoms with E-state index in [0.29, 0.717) is 6.04 Å². The van der Waals surface area contributed by atoms with E-state index >= 15 is 0 Å². The average Bonchev–Trinajstić information content (AvgIpc) is 3.01. The Labute approximate surface area is 133 Å². The first-order chi connectivity index (χ1) is 10.7. The van der Waals surface area contributed by atoms with Crippen LogP contribution in [0, 0.1) is 0 Å².